The highest BCUT2D eigenvalue weighted by molar-refractivity contribution is 4.85. The number of rotatable bonds is 2. The van der Waals surface area contributed by atoms with Crippen molar-refractivity contribution < 1.29 is 5.11 Å². The Morgan fingerprint density at radius 2 is 1.92 bits per heavy atom. The topological polar surface area (TPSA) is 23.5 Å². The van der Waals surface area contributed by atoms with Gasteiger partial charge in [-0.1, -0.05) is 6.92 Å². The van der Waals surface area contributed by atoms with Crippen LogP contribution in [0, 0.1) is 5.92 Å². The van der Waals surface area contributed by atoms with E-state index in [9.17, 15) is 5.11 Å². The van der Waals surface area contributed by atoms with Crippen molar-refractivity contribution in [2.24, 2.45) is 5.92 Å². The molecule has 0 aromatic carbocycles. The lowest BCUT2D eigenvalue weighted by Gasteiger charge is -2.30. The van der Waals surface area contributed by atoms with E-state index in [0.717, 1.165) is 12.5 Å². The number of aliphatic hydroxyl groups is 1. The Labute approximate surface area is 75.6 Å². The van der Waals surface area contributed by atoms with E-state index in [4.69, 9.17) is 0 Å². The zero-order chi connectivity index (χ0) is 9.30. The van der Waals surface area contributed by atoms with Crippen LogP contribution in [0.5, 0.6) is 0 Å². The van der Waals surface area contributed by atoms with Gasteiger partial charge in [0.2, 0.25) is 0 Å². The summed E-state index contributed by atoms with van der Waals surface area (Å²) in [4.78, 5) is 2.41. The lowest BCUT2D eigenvalue weighted by Crippen LogP contribution is -2.42. The molecule has 1 N–H and O–H groups in total. The second-order valence-electron chi connectivity index (χ2n) is 4.37. The third kappa shape index (κ3) is 1.99. The molecule has 2 nitrogen and oxygen atoms in total. The highest BCUT2D eigenvalue weighted by atomic mass is 16.3. The zero-order valence-electron chi connectivity index (χ0n) is 8.62. The van der Waals surface area contributed by atoms with Crippen molar-refractivity contribution in [2.45, 2.75) is 52.3 Å². The molecule has 1 saturated heterocycles. The van der Waals surface area contributed by atoms with E-state index >= 15 is 0 Å². The maximum Gasteiger partial charge on any atom is 0.0664 e. The van der Waals surface area contributed by atoms with Crippen molar-refractivity contribution in [1.82, 2.24) is 4.90 Å². The summed E-state index contributed by atoms with van der Waals surface area (Å²) < 4.78 is 0. The maximum absolute atomic E-state index is 9.44. The fraction of sp³-hybridized carbons (Fsp3) is 1.00. The van der Waals surface area contributed by atoms with Crippen LogP contribution in [0.1, 0.15) is 34.1 Å². The van der Waals surface area contributed by atoms with Gasteiger partial charge >= 0.3 is 0 Å². The number of aliphatic hydroxyl groups excluding tert-OH is 1. The van der Waals surface area contributed by atoms with Crippen LogP contribution in [0.4, 0.5) is 0 Å². The summed E-state index contributed by atoms with van der Waals surface area (Å²) >= 11 is 0. The molecule has 0 radical (unpaired) electrons. The van der Waals surface area contributed by atoms with Crippen LogP contribution < -0.4 is 0 Å². The lowest BCUT2D eigenvalue weighted by molar-refractivity contribution is 0.0657. The Bertz CT molecular complexity index is 147. The Morgan fingerprint density at radius 1 is 1.33 bits per heavy atom. The molecule has 72 valence electrons. The van der Waals surface area contributed by atoms with Crippen molar-refractivity contribution in [3.8, 4) is 0 Å². The molecule has 1 rings (SSSR count). The second-order valence-corrected chi connectivity index (χ2v) is 4.37. The van der Waals surface area contributed by atoms with Crippen LogP contribution in [-0.4, -0.2) is 34.7 Å². The summed E-state index contributed by atoms with van der Waals surface area (Å²) in [7, 11) is 0. The summed E-state index contributed by atoms with van der Waals surface area (Å²) in [5.74, 6) is 0.793. The fourth-order valence-corrected chi connectivity index (χ4v) is 2.18. The van der Waals surface area contributed by atoms with Gasteiger partial charge in [-0.25, -0.2) is 0 Å². The van der Waals surface area contributed by atoms with Gasteiger partial charge < -0.3 is 5.11 Å². The van der Waals surface area contributed by atoms with Gasteiger partial charge in [0.15, 0.2) is 0 Å². The summed E-state index contributed by atoms with van der Waals surface area (Å²) in [5.41, 5.74) is 0. The largest absolute Gasteiger partial charge is 0.392 e. The normalized spacial score (nSPS) is 36.8. The van der Waals surface area contributed by atoms with Gasteiger partial charge in [-0.15, -0.1) is 0 Å². The molecule has 0 amide bonds. The van der Waals surface area contributed by atoms with Crippen LogP contribution in [0.15, 0.2) is 0 Å². The fourth-order valence-electron chi connectivity index (χ4n) is 2.18. The van der Waals surface area contributed by atoms with Crippen molar-refractivity contribution in [3.63, 3.8) is 0 Å². The van der Waals surface area contributed by atoms with E-state index in [1.165, 1.54) is 6.42 Å². The number of likely N-dealkylation sites (tertiary alicyclic amines) is 1. The van der Waals surface area contributed by atoms with Crippen LogP contribution in [-0.2, 0) is 0 Å². The summed E-state index contributed by atoms with van der Waals surface area (Å²) in [6, 6.07) is 0.953. The molecule has 0 aliphatic carbocycles. The predicted octanol–water partition coefficient (Wildman–Crippen LogP) is 1.49. The maximum atomic E-state index is 9.44. The molecular formula is C10H21NO. The number of hydrogen-bond acceptors (Lipinski definition) is 2. The first-order chi connectivity index (χ1) is 5.52. The predicted molar refractivity (Wildman–Crippen MR) is 51.1 cm³/mol. The highest BCUT2D eigenvalue weighted by Crippen LogP contribution is 2.25. The molecule has 0 aromatic heterocycles. The minimum atomic E-state index is -0.210. The SMILES string of the molecule is CC1CC(C)N(C(C)C(C)O)C1. The zero-order valence-corrected chi connectivity index (χ0v) is 8.62. The quantitative estimate of drug-likeness (QED) is 0.680. The molecule has 1 fully saturated rings. The Morgan fingerprint density at radius 3 is 2.25 bits per heavy atom. The first-order valence-electron chi connectivity index (χ1n) is 4.96. The third-order valence-electron chi connectivity index (χ3n) is 3.05. The van der Waals surface area contributed by atoms with E-state index in [2.05, 4.69) is 25.7 Å². The Hall–Kier alpha value is -0.0800. The third-order valence-corrected chi connectivity index (χ3v) is 3.05. The molecule has 4 unspecified atom stereocenters. The van der Waals surface area contributed by atoms with Crippen molar-refractivity contribution in [3.05, 3.63) is 0 Å². The Balaban J connectivity index is 2.51. The molecule has 1 aliphatic rings. The van der Waals surface area contributed by atoms with Gasteiger partial charge in [0.25, 0.3) is 0 Å². The van der Waals surface area contributed by atoms with E-state index in [1.807, 2.05) is 6.92 Å². The van der Waals surface area contributed by atoms with Crippen LogP contribution in [0.25, 0.3) is 0 Å². The van der Waals surface area contributed by atoms with E-state index in [0.29, 0.717) is 12.1 Å². The molecule has 4 atom stereocenters. The molecule has 0 bridgehead atoms. The van der Waals surface area contributed by atoms with Gasteiger partial charge in [-0.05, 0) is 33.1 Å². The van der Waals surface area contributed by atoms with Crippen LogP contribution >= 0.6 is 0 Å². The molecule has 0 spiro atoms. The van der Waals surface area contributed by atoms with Crippen molar-refractivity contribution in [1.29, 1.82) is 0 Å². The summed E-state index contributed by atoms with van der Waals surface area (Å²) in [5, 5.41) is 9.44. The van der Waals surface area contributed by atoms with E-state index < -0.39 is 0 Å². The van der Waals surface area contributed by atoms with Crippen molar-refractivity contribution in [2.75, 3.05) is 6.54 Å². The second kappa shape index (κ2) is 3.75. The van der Waals surface area contributed by atoms with E-state index in [1.54, 1.807) is 0 Å². The molecule has 12 heavy (non-hydrogen) atoms. The smallest absolute Gasteiger partial charge is 0.0664 e. The molecule has 1 heterocycles. The minimum absolute atomic E-state index is 0.210. The highest BCUT2D eigenvalue weighted by Gasteiger charge is 2.31. The molecular weight excluding hydrogens is 150 g/mol. The van der Waals surface area contributed by atoms with Gasteiger partial charge in [-0.2, -0.15) is 0 Å². The summed E-state index contributed by atoms with van der Waals surface area (Å²) in [6.45, 7) is 9.67. The average molecular weight is 171 g/mol. The van der Waals surface area contributed by atoms with Gasteiger partial charge in [0.1, 0.15) is 0 Å². The number of nitrogens with zero attached hydrogens (tertiary/aromatic N) is 1. The molecule has 0 aromatic rings. The number of hydrogen-bond donors (Lipinski definition) is 1. The summed E-state index contributed by atoms with van der Waals surface area (Å²) in [6.07, 6.45) is 1.06. The van der Waals surface area contributed by atoms with Gasteiger partial charge in [0, 0.05) is 18.6 Å². The van der Waals surface area contributed by atoms with Crippen molar-refractivity contribution >= 4 is 0 Å². The minimum Gasteiger partial charge on any atom is -0.392 e. The Kier molecular flexibility index (Phi) is 3.13. The van der Waals surface area contributed by atoms with Gasteiger partial charge in [0.05, 0.1) is 6.10 Å². The van der Waals surface area contributed by atoms with E-state index in [-0.39, 0.29) is 6.10 Å². The monoisotopic (exact) mass is 171 g/mol. The van der Waals surface area contributed by atoms with Crippen LogP contribution in [0.2, 0.25) is 0 Å². The first kappa shape index (κ1) is 10.0. The molecule has 1 aliphatic heterocycles. The first-order valence-corrected chi connectivity index (χ1v) is 4.96. The molecule has 0 saturated carbocycles. The standard InChI is InChI=1S/C10H21NO/c1-7-5-8(2)11(6-7)9(3)10(4)12/h7-10,12H,5-6H2,1-4H3. The van der Waals surface area contributed by atoms with Gasteiger partial charge in [-0.3, -0.25) is 4.90 Å². The average Bonchev–Trinajstić information content (AvgIpc) is 2.28. The van der Waals surface area contributed by atoms with Crippen LogP contribution in [0.3, 0.4) is 0 Å². The lowest BCUT2D eigenvalue weighted by atomic mass is 10.1. The molecule has 2 heteroatoms.